The van der Waals surface area contributed by atoms with Gasteiger partial charge in [0.1, 0.15) is 0 Å². The highest BCUT2D eigenvalue weighted by Crippen LogP contribution is 2.26. The Balaban J connectivity index is 2.79. The maximum absolute atomic E-state index is 12.0. The van der Waals surface area contributed by atoms with Crippen molar-refractivity contribution in [3.8, 4) is 0 Å². The first kappa shape index (κ1) is 10.5. The molecule has 0 saturated carbocycles. The molecular formula is C9H11F2NS. The molecule has 1 aromatic carbocycles. The monoisotopic (exact) mass is 203 g/mol. The summed E-state index contributed by atoms with van der Waals surface area (Å²) in [5.74, 6) is -2.37. The summed E-state index contributed by atoms with van der Waals surface area (Å²) >= 11 is 0.541. The molecule has 0 aromatic heterocycles. The van der Waals surface area contributed by atoms with E-state index in [0.29, 0.717) is 16.7 Å². The second kappa shape index (κ2) is 4.58. The molecule has 0 aliphatic rings. The van der Waals surface area contributed by atoms with Crippen molar-refractivity contribution >= 4 is 11.8 Å². The lowest BCUT2D eigenvalue weighted by Crippen LogP contribution is -2.04. The molecule has 2 N–H and O–H groups in total. The lowest BCUT2D eigenvalue weighted by Gasteiger charge is -2.07. The molecule has 0 heterocycles. The average molecular weight is 203 g/mol. The van der Waals surface area contributed by atoms with E-state index >= 15 is 0 Å². The summed E-state index contributed by atoms with van der Waals surface area (Å²) in [6.07, 6.45) is 0. The summed E-state index contributed by atoms with van der Waals surface area (Å²) in [4.78, 5) is 0.560. The van der Waals surface area contributed by atoms with Crippen LogP contribution in [0, 0.1) is 0 Å². The summed E-state index contributed by atoms with van der Waals surface area (Å²) in [7, 11) is 0. The van der Waals surface area contributed by atoms with Gasteiger partial charge in [-0.1, -0.05) is 23.9 Å². The van der Waals surface area contributed by atoms with E-state index in [4.69, 9.17) is 5.73 Å². The zero-order chi connectivity index (χ0) is 9.84. The van der Waals surface area contributed by atoms with Crippen LogP contribution in [0.3, 0.4) is 0 Å². The predicted octanol–water partition coefficient (Wildman–Crippen LogP) is 3.02. The van der Waals surface area contributed by atoms with E-state index in [1.165, 1.54) is 0 Å². The van der Waals surface area contributed by atoms with Crippen molar-refractivity contribution in [3.63, 3.8) is 0 Å². The maximum atomic E-state index is 12.0. The minimum absolute atomic E-state index is 0.113. The molecule has 0 radical (unpaired) electrons. The highest BCUT2D eigenvalue weighted by atomic mass is 32.2. The summed E-state index contributed by atoms with van der Waals surface area (Å²) < 4.78 is 24.0. The van der Waals surface area contributed by atoms with Crippen LogP contribution in [0.5, 0.6) is 0 Å². The van der Waals surface area contributed by atoms with Crippen LogP contribution < -0.4 is 5.73 Å². The number of benzene rings is 1. The standard InChI is InChI=1S/C9H11F2NS/c1-6(12)7-3-2-4-8(5-7)13-9(10)11/h2-6,9H,12H2,1H3/t6-/m0/s1. The Morgan fingerprint density at radius 1 is 1.38 bits per heavy atom. The Labute approximate surface area is 80.3 Å². The smallest absolute Gasteiger partial charge is 0.288 e. The predicted molar refractivity (Wildman–Crippen MR) is 50.9 cm³/mol. The molecule has 0 aliphatic carbocycles. The molecule has 13 heavy (non-hydrogen) atoms. The number of hydrogen-bond donors (Lipinski definition) is 1. The molecule has 0 fully saturated rings. The van der Waals surface area contributed by atoms with Gasteiger partial charge in [0.15, 0.2) is 0 Å². The highest BCUT2D eigenvalue weighted by Gasteiger charge is 2.06. The van der Waals surface area contributed by atoms with Gasteiger partial charge in [-0.15, -0.1) is 0 Å². The van der Waals surface area contributed by atoms with Gasteiger partial charge in [0, 0.05) is 10.9 Å². The van der Waals surface area contributed by atoms with Gasteiger partial charge in [-0.25, -0.2) is 0 Å². The molecule has 1 nitrogen and oxygen atoms in total. The molecular weight excluding hydrogens is 192 g/mol. The van der Waals surface area contributed by atoms with E-state index in [-0.39, 0.29) is 6.04 Å². The van der Waals surface area contributed by atoms with Crippen LogP contribution in [0.2, 0.25) is 0 Å². The number of rotatable bonds is 3. The molecule has 4 heteroatoms. The zero-order valence-electron chi connectivity index (χ0n) is 7.21. The third-order valence-corrected chi connectivity index (χ3v) is 2.31. The summed E-state index contributed by atoms with van der Waals surface area (Å²) in [6.45, 7) is 1.83. The minimum Gasteiger partial charge on any atom is -0.324 e. The van der Waals surface area contributed by atoms with Gasteiger partial charge in [0.05, 0.1) is 0 Å². The molecule has 1 atom stereocenters. The molecule has 0 aliphatic heterocycles. The fourth-order valence-corrected chi connectivity index (χ4v) is 1.54. The van der Waals surface area contributed by atoms with E-state index in [1.807, 2.05) is 13.0 Å². The van der Waals surface area contributed by atoms with Crippen molar-refractivity contribution in [3.05, 3.63) is 29.8 Å². The topological polar surface area (TPSA) is 26.0 Å². The van der Waals surface area contributed by atoms with Crippen molar-refractivity contribution in [2.24, 2.45) is 5.73 Å². The quantitative estimate of drug-likeness (QED) is 0.764. The van der Waals surface area contributed by atoms with E-state index in [9.17, 15) is 8.78 Å². The second-order valence-electron chi connectivity index (χ2n) is 2.74. The number of thioether (sulfide) groups is 1. The van der Waals surface area contributed by atoms with Crippen LogP contribution in [-0.4, -0.2) is 5.76 Å². The Bertz CT molecular complexity index is 276. The molecule has 0 bridgehead atoms. The van der Waals surface area contributed by atoms with E-state index < -0.39 is 5.76 Å². The Morgan fingerprint density at radius 2 is 2.08 bits per heavy atom. The number of nitrogens with two attached hydrogens (primary N) is 1. The largest absolute Gasteiger partial charge is 0.324 e. The first-order valence-corrected chi connectivity index (χ1v) is 4.78. The van der Waals surface area contributed by atoms with E-state index in [2.05, 4.69) is 0 Å². The van der Waals surface area contributed by atoms with Gasteiger partial charge in [0.2, 0.25) is 0 Å². The van der Waals surface area contributed by atoms with Crippen LogP contribution in [0.25, 0.3) is 0 Å². The summed E-state index contributed by atoms with van der Waals surface area (Å²) in [5, 5.41) is 0. The molecule has 0 amide bonds. The van der Waals surface area contributed by atoms with Crippen LogP contribution in [0.4, 0.5) is 8.78 Å². The second-order valence-corrected chi connectivity index (χ2v) is 3.80. The fraction of sp³-hybridized carbons (Fsp3) is 0.333. The third-order valence-electron chi connectivity index (χ3n) is 1.61. The van der Waals surface area contributed by atoms with E-state index in [0.717, 1.165) is 5.56 Å². The molecule has 1 aromatic rings. The molecule has 1 rings (SSSR count). The number of hydrogen-bond acceptors (Lipinski definition) is 2. The Hall–Kier alpha value is -0.610. The van der Waals surface area contributed by atoms with Gasteiger partial charge in [-0.2, -0.15) is 8.78 Å². The zero-order valence-corrected chi connectivity index (χ0v) is 8.02. The normalized spacial score (nSPS) is 13.3. The van der Waals surface area contributed by atoms with Crippen LogP contribution >= 0.6 is 11.8 Å². The first-order chi connectivity index (χ1) is 6.09. The highest BCUT2D eigenvalue weighted by molar-refractivity contribution is 7.99. The third kappa shape index (κ3) is 3.32. The lowest BCUT2D eigenvalue weighted by molar-refractivity contribution is 0.252. The molecule has 72 valence electrons. The minimum atomic E-state index is -2.37. The maximum Gasteiger partial charge on any atom is 0.288 e. The average Bonchev–Trinajstić information content (AvgIpc) is 2.03. The van der Waals surface area contributed by atoms with Gasteiger partial charge in [-0.05, 0) is 24.6 Å². The fourth-order valence-electron chi connectivity index (χ4n) is 0.974. The van der Waals surface area contributed by atoms with Crippen molar-refractivity contribution in [2.75, 3.05) is 0 Å². The van der Waals surface area contributed by atoms with Crippen LogP contribution in [0.1, 0.15) is 18.5 Å². The van der Waals surface area contributed by atoms with Crippen molar-refractivity contribution in [1.29, 1.82) is 0 Å². The molecule has 0 spiro atoms. The van der Waals surface area contributed by atoms with Crippen molar-refractivity contribution in [1.82, 2.24) is 0 Å². The SMILES string of the molecule is C[C@H](N)c1cccc(SC(F)F)c1. The molecule has 0 saturated heterocycles. The van der Waals surface area contributed by atoms with Crippen LogP contribution in [-0.2, 0) is 0 Å². The van der Waals surface area contributed by atoms with Gasteiger partial charge >= 0.3 is 0 Å². The van der Waals surface area contributed by atoms with Gasteiger partial charge in [-0.3, -0.25) is 0 Å². The Morgan fingerprint density at radius 3 is 2.62 bits per heavy atom. The summed E-state index contributed by atoms with van der Waals surface area (Å²) in [6, 6.07) is 6.81. The lowest BCUT2D eigenvalue weighted by atomic mass is 10.1. The summed E-state index contributed by atoms with van der Waals surface area (Å²) in [5.41, 5.74) is 6.50. The van der Waals surface area contributed by atoms with Crippen molar-refractivity contribution in [2.45, 2.75) is 23.6 Å². The van der Waals surface area contributed by atoms with Gasteiger partial charge < -0.3 is 5.73 Å². The Kier molecular flexibility index (Phi) is 3.69. The van der Waals surface area contributed by atoms with Crippen LogP contribution in [0.15, 0.2) is 29.2 Å². The van der Waals surface area contributed by atoms with E-state index in [1.54, 1.807) is 18.2 Å². The number of halogens is 2. The number of alkyl halides is 2. The van der Waals surface area contributed by atoms with Crippen molar-refractivity contribution < 1.29 is 8.78 Å². The van der Waals surface area contributed by atoms with Gasteiger partial charge in [0.25, 0.3) is 5.76 Å². The first-order valence-electron chi connectivity index (χ1n) is 3.90. The molecule has 0 unspecified atom stereocenters.